The van der Waals surface area contributed by atoms with Gasteiger partial charge in [-0.25, -0.2) is 8.78 Å². The zero-order valence-corrected chi connectivity index (χ0v) is 13.6. The van der Waals surface area contributed by atoms with Crippen molar-refractivity contribution in [3.8, 4) is 0 Å². The van der Waals surface area contributed by atoms with Crippen LogP contribution >= 0.6 is 0 Å². The van der Waals surface area contributed by atoms with Crippen molar-refractivity contribution in [2.24, 2.45) is 5.92 Å². The van der Waals surface area contributed by atoms with Gasteiger partial charge in [0.25, 0.3) is 5.91 Å². The van der Waals surface area contributed by atoms with E-state index in [1.165, 1.54) is 5.56 Å². The van der Waals surface area contributed by atoms with Crippen LogP contribution in [-0.2, 0) is 6.42 Å². The molecule has 2 rings (SSSR count). The molecule has 0 heterocycles. The van der Waals surface area contributed by atoms with Crippen LogP contribution in [0.1, 0.15) is 48.3 Å². The van der Waals surface area contributed by atoms with E-state index in [1.807, 2.05) is 38.1 Å². The normalized spacial score (nSPS) is 12.3. The van der Waals surface area contributed by atoms with Gasteiger partial charge < -0.3 is 5.32 Å². The predicted molar refractivity (Wildman–Crippen MR) is 87.2 cm³/mol. The molecule has 0 saturated heterocycles. The standard InChI is InChI=1S/C19H21F2NO/c1-4-13-5-7-14(8-6-13)18(12(2)3)22-19(23)15-9-16(20)11-17(21)10-15/h5-12,18H,4H2,1-3H3,(H,22,23). The van der Waals surface area contributed by atoms with Crippen LogP contribution in [0.25, 0.3) is 0 Å². The first-order chi connectivity index (χ1) is 10.9. The minimum Gasteiger partial charge on any atom is -0.345 e. The van der Waals surface area contributed by atoms with Crippen molar-refractivity contribution in [2.75, 3.05) is 0 Å². The number of benzene rings is 2. The Kier molecular flexibility index (Phi) is 5.48. The van der Waals surface area contributed by atoms with Gasteiger partial charge in [0.2, 0.25) is 0 Å². The van der Waals surface area contributed by atoms with Gasteiger partial charge in [-0.05, 0) is 35.6 Å². The van der Waals surface area contributed by atoms with Crippen LogP contribution in [0.15, 0.2) is 42.5 Å². The SMILES string of the molecule is CCc1ccc(C(NC(=O)c2cc(F)cc(F)c2)C(C)C)cc1. The molecule has 0 saturated carbocycles. The van der Waals surface area contributed by atoms with Gasteiger partial charge in [0.15, 0.2) is 0 Å². The average molecular weight is 317 g/mol. The molecule has 2 aromatic carbocycles. The van der Waals surface area contributed by atoms with E-state index in [4.69, 9.17) is 0 Å². The highest BCUT2D eigenvalue weighted by atomic mass is 19.1. The molecular formula is C19H21F2NO. The molecule has 0 aliphatic heterocycles. The van der Waals surface area contributed by atoms with Crippen LogP contribution in [0.3, 0.4) is 0 Å². The van der Waals surface area contributed by atoms with E-state index in [0.29, 0.717) is 0 Å². The average Bonchev–Trinajstić information content (AvgIpc) is 2.51. The number of rotatable bonds is 5. The Morgan fingerprint density at radius 1 is 1.04 bits per heavy atom. The number of carbonyl (C=O) groups is 1. The lowest BCUT2D eigenvalue weighted by molar-refractivity contribution is 0.0924. The minimum absolute atomic E-state index is 0.0154. The van der Waals surface area contributed by atoms with Gasteiger partial charge in [0.1, 0.15) is 11.6 Å². The number of halogens is 2. The molecule has 1 atom stereocenters. The Morgan fingerprint density at radius 3 is 2.09 bits per heavy atom. The second-order valence-electron chi connectivity index (χ2n) is 5.95. The summed E-state index contributed by atoms with van der Waals surface area (Å²) in [7, 11) is 0. The van der Waals surface area contributed by atoms with Crippen molar-refractivity contribution >= 4 is 5.91 Å². The van der Waals surface area contributed by atoms with Crippen molar-refractivity contribution in [1.82, 2.24) is 5.32 Å². The van der Waals surface area contributed by atoms with Crippen molar-refractivity contribution in [3.05, 3.63) is 70.8 Å². The second-order valence-corrected chi connectivity index (χ2v) is 5.95. The molecule has 0 aliphatic carbocycles. The third kappa shape index (κ3) is 4.38. The summed E-state index contributed by atoms with van der Waals surface area (Å²) in [4.78, 5) is 12.3. The molecule has 0 spiro atoms. The topological polar surface area (TPSA) is 29.1 Å². The monoisotopic (exact) mass is 317 g/mol. The summed E-state index contributed by atoms with van der Waals surface area (Å²) >= 11 is 0. The molecule has 0 bridgehead atoms. The summed E-state index contributed by atoms with van der Waals surface area (Å²) in [6.45, 7) is 6.06. The maximum atomic E-state index is 13.3. The van der Waals surface area contributed by atoms with Gasteiger partial charge >= 0.3 is 0 Å². The lowest BCUT2D eigenvalue weighted by Gasteiger charge is -2.23. The molecule has 1 amide bonds. The zero-order chi connectivity index (χ0) is 17.0. The highest BCUT2D eigenvalue weighted by Gasteiger charge is 2.20. The van der Waals surface area contributed by atoms with Crippen LogP contribution in [-0.4, -0.2) is 5.91 Å². The fourth-order valence-electron chi connectivity index (χ4n) is 2.51. The molecule has 0 aromatic heterocycles. The molecular weight excluding hydrogens is 296 g/mol. The molecule has 1 N–H and O–H groups in total. The van der Waals surface area contributed by atoms with E-state index in [1.54, 1.807) is 0 Å². The Morgan fingerprint density at radius 2 is 1.61 bits per heavy atom. The number of hydrogen-bond donors (Lipinski definition) is 1. The Bertz CT molecular complexity index is 660. The molecule has 0 radical (unpaired) electrons. The van der Waals surface area contributed by atoms with Crippen LogP contribution in [0.4, 0.5) is 8.78 Å². The number of aryl methyl sites for hydroxylation is 1. The number of carbonyl (C=O) groups excluding carboxylic acids is 1. The minimum atomic E-state index is -0.761. The van der Waals surface area contributed by atoms with Crippen molar-refractivity contribution in [3.63, 3.8) is 0 Å². The molecule has 4 heteroatoms. The lowest BCUT2D eigenvalue weighted by Crippen LogP contribution is -2.31. The van der Waals surface area contributed by atoms with E-state index in [0.717, 1.165) is 30.2 Å². The summed E-state index contributed by atoms with van der Waals surface area (Å²) in [6.07, 6.45) is 0.946. The van der Waals surface area contributed by atoms with Gasteiger partial charge in [-0.1, -0.05) is 45.0 Å². The third-order valence-electron chi connectivity index (χ3n) is 3.83. The summed E-state index contributed by atoms with van der Waals surface area (Å²) in [5.41, 5.74) is 2.18. The highest BCUT2D eigenvalue weighted by molar-refractivity contribution is 5.94. The fourth-order valence-corrected chi connectivity index (χ4v) is 2.51. The molecule has 23 heavy (non-hydrogen) atoms. The summed E-state index contributed by atoms with van der Waals surface area (Å²) < 4.78 is 26.5. The van der Waals surface area contributed by atoms with Crippen LogP contribution in [0, 0.1) is 17.6 Å². The first-order valence-corrected chi connectivity index (χ1v) is 7.76. The lowest BCUT2D eigenvalue weighted by atomic mass is 9.94. The maximum Gasteiger partial charge on any atom is 0.251 e. The number of nitrogens with one attached hydrogen (secondary N) is 1. The summed E-state index contributed by atoms with van der Waals surface area (Å²) in [5.74, 6) is -1.86. The third-order valence-corrected chi connectivity index (χ3v) is 3.83. The molecule has 1 unspecified atom stereocenters. The zero-order valence-electron chi connectivity index (χ0n) is 13.6. The molecule has 0 fully saturated rings. The highest BCUT2D eigenvalue weighted by Crippen LogP contribution is 2.23. The van der Waals surface area contributed by atoms with E-state index >= 15 is 0 Å². The van der Waals surface area contributed by atoms with Crippen LogP contribution in [0.2, 0.25) is 0 Å². The van der Waals surface area contributed by atoms with Crippen molar-refractivity contribution in [1.29, 1.82) is 0 Å². The van der Waals surface area contributed by atoms with E-state index in [-0.39, 0.29) is 17.5 Å². The Hall–Kier alpha value is -2.23. The largest absolute Gasteiger partial charge is 0.345 e. The van der Waals surface area contributed by atoms with Crippen LogP contribution in [0.5, 0.6) is 0 Å². The van der Waals surface area contributed by atoms with Gasteiger partial charge in [0.05, 0.1) is 6.04 Å². The smallest absolute Gasteiger partial charge is 0.251 e. The quantitative estimate of drug-likeness (QED) is 0.854. The first kappa shape index (κ1) is 17.1. The fraction of sp³-hybridized carbons (Fsp3) is 0.316. The van der Waals surface area contributed by atoms with E-state index in [2.05, 4.69) is 12.2 Å². The van der Waals surface area contributed by atoms with Gasteiger partial charge in [0, 0.05) is 11.6 Å². The number of amides is 1. The maximum absolute atomic E-state index is 13.3. The Labute approximate surface area is 135 Å². The molecule has 2 aromatic rings. The van der Waals surface area contributed by atoms with Gasteiger partial charge in [-0.2, -0.15) is 0 Å². The van der Waals surface area contributed by atoms with Gasteiger partial charge in [-0.3, -0.25) is 4.79 Å². The summed E-state index contributed by atoms with van der Waals surface area (Å²) in [6, 6.07) is 10.6. The van der Waals surface area contributed by atoms with E-state index < -0.39 is 17.5 Å². The molecule has 122 valence electrons. The van der Waals surface area contributed by atoms with Gasteiger partial charge in [-0.15, -0.1) is 0 Å². The number of hydrogen-bond acceptors (Lipinski definition) is 1. The Balaban J connectivity index is 2.22. The summed E-state index contributed by atoms with van der Waals surface area (Å²) in [5, 5.41) is 2.87. The van der Waals surface area contributed by atoms with Crippen molar-refractivity contribution < 1.29 is 13.6 Å². The second kappa shape index (κ2) is 7.36. The van der Waals surface area contributed by atoms with Crippen molar-refractivity contribution in [2.45, 2.75) is 33.2 Å². The molecule has 2 nitrogen and oxygen atoms in total. The predicted octanol–water partition coefficient (Wildman–Crippen LogP) is 4.65. The molecule has 0 aliphatic rings. The van der Waals surface area contributed by atoms with Crippen LogP contribution < -0.4 is 5.32 Å². The first-order valence-electron chi connectivity index (χ1n) is 7.76. The van der Waals surface area contributed by atoms with E-state index in [9.17, 15) is 13.6 Å².